The molecule has 0 saturated heterocycles. The lowest BCUT2D eigenvalue weighted by molar-refractivity contribution is -0.142. The fourth-order valence-corrected chi connectivity index (χ4v) is 2.88. The van der Waals surface area contributed by atoms with Crippen LogP contribution in [0.15, 0.2) is 53.0 Å². The molecule has 5 nitrogen and oxygen atoms in total. The van der Waals surface area contributed by atoms with Crippen LogP contribution in [-0.4, -0.2) is 35.4 Å². The monoisotopic (exact) mass is 464 g/mol. The molecule has 0 unspecified atom stereocenters. The summed E-state index contributed by atoms with van der Waals surface area (Å²) in [6, 6.07) is 12.7. The molecule has 0 aliphatic rings. The highest BCUT2D eigenvalue weighted by molar-refractivity contribution is 9.10. The number of ether oxygens (including phenoxy) is 1. The lowest BCUT2D eigenvalue weighted by atomic mass is 10.1. The van der Waals surface area contributed by atoms with Crippen molar-refractivity contribution in [3.05, 3.63) is 64.4 Å². The number of benzene rings is 2. The maximum atomic E-state index is 13.8. The topological polar surface area (TPSA) is 58.6 Å². The number of nitrogens with zero attached hydrogens (tertiary/aromatic N) is 1. The van der Waals surface area contributed by atoms with Gasteiger partial charge in [-0.15, -0.1) is 0 Å². The molecule has 2 rings (SSSR count). The Balaban J connectivity index is 2.15. The van der Waals surface area contributed by atoms with Crippen molar-refractivity contribution < 1.29 is 18.7 Å². The fraction of sp³-hybridized carbons (Fsp3) is 0.364. The van der Waals surface area contributed by atoms with E-state index in [9.17, 15) is 14.0 Å². The Morgan fingerprint density at radius 3 is 2.41 bits per heavy atom. The number of halogens is 2. The summed E-state index contributed by atoms with van der Waals surface area (Å²) in [5.41, 5.74) is 0.871. The van der Waals surface area contributed by atoms with Crippen LogP contribution in [0.5, 0.6) is 5.75 Å². The summed E-state index contributed by atoms with van der Waals surface area (Å²) in [7, 11) is 0. The highest BCUT2D eigenvalue weighted by Crippen LogP contribution is 2.17. The Morgan fingerprint density at radius 2 is 1.79 bits per heavy atom. The number of carbonyl (C=O) groups excluding carboxylic acids is 2. The van der Waals surface area contributed by atoms with Crippen molar-refractivity contribution in [3.8, 4) is 5.75 Å². The maximum absolute atomic E-state index is 13.8. The van der Waals surface area contributed by atoms with Gasteiger partial charge in [0.05, 0.1) is 0 Å². The molecule has 156 valence electrons. The zero-order valence-corrected chi connectivity index (χ0v) is 18.4. The van der Waals surface area contributed by atoms with Crippen LogP contribution in [0, 0.1) is 5.82 Å². The standard InChI is InChI=1S/C22H26BrFN2O3/c1-4-15(2)25-22(28)16(3)26(13-17-9-11-18(23)12-10-17)21(27)14-29-20-8-6-5-7-19(20)24/h5-12,15-16H,4,13-14H2,1-3H3,(H,25,28)/t15-,16+/m1/s1. The molecule has 0 saturated carbocycles. The van der Waals surface area contributed by atoms with Gasteiger partial charge in [-0.25, -0.2) is 4.39 Å². The molecule has 0 bridgehead atoms. The summed E-state index contributed by atoms with van der Waals surface area (Å²) in [6.07, 6.45) is 0.787. The first kappa shape index (κ1) is 22.9. The van der Waals surface area contributed by atoms with E-state index in [2.05, 4.69) is 21.2 Å². The summed E-state index contributed by atoms with van der Waals surface area (Å²) in [5, 5.41) is 2.90. The van der Waals surface area contributed by atoms with Crippen molar-refractivity contribution >= 4 is 27.7 Å². The zero-order valence-electron chi connectivity index (χ0n) is 16.8. The number of para-hydroxylation sites is 1. The normalized spacial score (nSPS) is 12.7. The number of hydrogen-bond donors (Lipinski definition) is 1. The minimum absolute atomic E-state index is 0.00107. The quantitative estimate of drug-likeness (QED) is 0.601. The highest BCUT2D eigenvalue weighted by atomic mass is 79.9. The highest BCUT2D eigenvalue weighted by Gasteiger charge is 2.27. The van der Waals surface area contributed by atoms with E-state index in [1.807, 2.05) is 38.1 Å². The van der Waals surface area contributed by atoms with Gasteiger partial charge in [-0.05, 0) is 50.1 Å². The number of carbonyl (C=O) groups is 2. The van der Waals surface area contributed by atoms with Gasteiger partial charge in [0.2, 0.25) is 5.91 Å². The molecule has 2 amide bonds. The van der Waals surface area contributed by atoms with Crippen molar-refractivity contribution in [2.45, 2.75) is 45.8 Å². The van der Waals surface area contributed by atoms with E-state index >= 15 is 0 Å². The maximum Gasteiger partial charge on any atom is 0.261 e. The Morgan fingerprint density at radius 1 is 1.14 bits per heavy atom. The average Bonchev–Trinajstić information content (AvgIpc) is 2.71. The van der Waals surface area contributed by atoms with Crippen LogP contribution in [0.25, 0.3) is 0 Å². The van der Waals surface area contributed by atoms with Gasteiger partial charge in [0, 0.05) is 17.1 Å². The zero-order chi connectivity index (χ0) is 21.4. The second-order valence-corrected chi connectivity index (χ2v) is 7.78. The molecule has 29 heavy (non-hydrogen) atoms. The molecule has 0 aromatic heterocycles. The number of hydrogen-bond acceptors (Lipinski definition) is 3. The van der Waals surface area contributed by atoms with Gasteiger partial charge in [0.25, 0.3) is 5.91 Å². The predicted molar refractivity (Wildman–Crippen MR) is 114 cm³/mol. The number of rotatable bonds is 9. The van der Waals surface area contributed by atoms with Gasteiger partial charge >= 0.3 is 0 Å². The van der Waals surface area contributed by atoms with Crippen molar-refractivity contribution in [1.82, 2.24) is 10.2 Å². The summed E-state index contributed by atoms with van der Waals surface area (Å²) in [4.78, 5) is 27.0. The van der Waals surface area contributed by atoms with Crippen LogP contribution in [0.4, 0.5) is 4.39 Å². The largest absolute Gasteiger partial charge is 0.481 e. The minimum atomic E-state index is -0.704. The van der Waals surface area contributed by atoms with Crippen molar-refractivity contribution in [3.63, 3.8) is 0 Å². The predicted octanol–water partition coefficient (Wildman–Crippen LogP) is 4.30. The van der Waals surface area contributed by atoms with Crippen LogP contribution in [0.2, 0.25) is 0 Å². The Labute approximate surface area is 179 Å². The van der Waals surface area contributed by atoms with Crippen LogP contribution >= 0.6 is 15.9 Å². The molecule has 7 heteroatoms. The Hall–Kier alpha value is -2.41. The van der Waals surface area contributed by atoms with E-state index in [0.717, 1.165) is 16.5 Å². The van der Waals surface area contributed by atoms with Crippen LogP contribution in [0.3, 0.4) is 0 Å². The molecule has 2 atom stereocenters. The molecule has 0 fully saturated rings. The molecule has 0 radical (unpaired) electrons. The van der Waals surface area contributed by atoms with Crippen molar-refractivity contribution in [2.24, 2.45) is 0 Å². The second-order valence-electron chi connectivity index (χ2n) is 6.86. The van der Waals surface area contributed by atoms with Crippen LogP contribution in [-0.2, 0) is 16.1 Å². The lowest BCUT2D eigenvalue weighted by Crippen LogP contribution is -2.50. The van der Waals surface area contributed by atoms with Gasteiger partial charge in [-0.2, -0.15) is 0 Å². The first-order valence-electron chi connectivity index (χ1n) is 9.53. The molecule has 0 aliphatic carbocycles. The van der Waals surface area contributed by atoms with Crippen LogP contribution < -0.4 is 10.1 Å². The molecule has 1 N–H and O–H groups in total. The average molecular weight is 465 g/mol. The van der Waals surface area contributed by atoms with E-state index in [1.54, 1.807) is 19.1 Å². The van der Waals surface area contributed by atoms with Gasteiger partial charge in [-0.1, -0.05) is 47.1 Å². The van der Waals surface area contributed by atoms with Crippen molar-refractivity contribution in [1.29, 1.82) is 0 Å². The molecule has 0 aliphatic heterocycles. The molecule has 0 spiro atoms. The van der Waals surface area contributed by atoms with E-state index in [4.69, 9.17) is 4.74 Å². The van der Waals surface area contributed by atoms with Gasteiger partial charge in [-0.3, -0.25) is 9.59 Å². The fourth-order valence-electron chi connectivity index (χ4n) is 2.62. The third kappa shape index (κ3) is 6.85. The Bertz CT molecular complexity index is 829. The number of amides is 2. The van der Waals surface area contributed by atoms with E-state index in [-0.39, 0.29) is 30.9 Å². The lowest BCUT2D eigenvalue weighted by Gasteiger charge is -2.29. The SMILES string of the molecule is CC[C@@H](C)NC(=O)[C@H](C)N(Cc1ccc(Br)cc1)C(=O)COc1ccccc1F. The summed E-state index contributed by atoms with van der Waals surface area (Å²) < 4.78 is 20.1. The summed E-state index contributed by atoms with van der Waals surface area (Å²) in [6.45, 7) is 5.44. The van der Waals surface area contributed by atoms with Crippen molar-refractivity contribution in [2.75, 3.05) is 6.61 Å². The summed E-state index contributed by atoms with van der Waals surface area (Å²) >= 11 is 3.39. The first-order valence-corrected chi connectivity index (χ1v) is 10.3. The van der Waals surface area contributed by atoms with Gasteiger partial charge in [0.1, 0.15) is 6.04 Å². The van der Waals surface area contributed by atoms with Gasteiger partial charge < -0.3 is 15.0 Å². The molecular formula is C22H26BrFN2O3. The van der Waals surface area contributed by atoms with E-state index in [1.165, 1.54) is 17.0 Å². The second kappa shape index (κ2) is 11.0. The Kier molecular flexibility index (Phi) is 8.64. The molecule has 0 heterocycles. The van der Waals surface area contributed by atoms with E-state index in [0.29, 0.717) is 0 Å². The first-order chi connectivity index (χ1) is 13.8. The number of nitrogens with one attached hydrogen (secondary N) is 1. The summed E-state index contributed by atoms with van der Waals surface area (Å²) in [5.74, 6) is -1.18. The molecule has 2 aromatic rings. The third-order valence-electron chi connectivity index (χ3n) is 4.62. The molecule has 2 aromatic carbocycles. The van der Waals surface area contributed by atoms with Crippen LogP contribution in [0.1, 0.15) is 32.8 Å². The van der Waals surface area contributed by atoms with Gasteiger partial charge in [0.15, 0.2) is 18.2 Å². The smallest absolute Gasteiger partial charge is 0.261 e. The minimum Gasteiger partial charge on any atom is -0.481 e. The van der Waals surface area contributed by atoms with E-state index < -0.39 is 17.8 Å². The third-order valence-corrected chi connectivity index (χ3v) is 5.15. The molecular weight excluding hydrogens is 439 g/mol.